The average Bonchev–Trinajstić information content (AvgIpc) is 2.31. The SMILES string of the molecule is CCNC(COCC)c1c(F)ccc(C)c1F. The van der Waals surface area contributed by atoms with Gasteiger partial charge < -0.3 is 10.1 Å². The minimum Gasteiger partial charge on any atom is -0.380 e. The number of rotatable bonds is 6. The fraction of sp³-hybridized carbons (Fsp3) is 0.538. The molecular weight excluding hydrogens is 224 g/mol. The first-order valence-electron chi connectivity index (χ1n) is 5.87. The fourth-order valence-corrected chi connectivity index (χ4v) is 1.72. The van der Waals surface area contributed by atoms with Gasteiger partial charge in [-0.2, -0.15) is 0 Å². The second-order valence-electron chi connectivity index (χ2n) is 3.86. The highest BCUT2D eigenvalue weighted by Crippen LogP contribution is 2.23. The average molecular weight is 243 g/mol. The first kappa shape index (κ1) is 14.1. The molecule has 1 aromatic carbocycles. The minimum atomic E-state index is -0.529. The van der Waals surface area contributed by atoms with E-state index in [0.717, 1.165) is 0 Å². The van der Waals surface area contributed by atoms with Crippen molar-refractivity contribution < 1.29 is 13.5 Å². The molecule has 0 fully saturated rings. The highest BCUT2D eigenvalue weighted by atomic mass is 19.1. The lowest BCUT2D eigenvalue weighted by Crippen LogP contribution is -2.27. The Kier molecular flexibility index (Phi) is 5.51. The molecule has 17 heavy (non-hydrogen) atoms. The maximum atomic E-state index is 13.9. The first-order valence-corrected chi connectivity index (χ1v) is 5.87. The molecular formula is C13H19F2NO. The summed E-state index contributed by atoms with van der Waals surface area (Å²) in [4.78, 5) is 0. The van der Waals surface area contributed by atoms with Crippen molar-refractivity contribution in [1.82, 2.24) is 5.32 Å². The van der Waals surface area contributed by atoms with Crippen molar-refractivity contribution in [3.8, 4) is 0 Å². The van der Waals surface area contributed by atoms with Crippen molar-refractivity contribution in [2.24, 2.45) is 0 Å². The molecule has 1 aromatic rings. The molecule has 0 radical (unpaired) electrons. The van der Waals surface area contributed by atoms with Crippen LogP contribution < -0.4 is 5.32 Å². The van der Waals surface area contributed by atoms with E-state index in [4.69, 9.17) is 4.74 Å². The Morgan fingerprint density at radius 1 is 1.29 bits per heavy atom. The Labute approximate surface area is 101 Å². The number of ether oxygens (including phenoxy) is 1. The van der Waals surface area contributed by atoms with Gasteiger partial charge >= 0.3 is 0 Å². The van der Waals surface area contributed by atoms with Gasteiger partial charge in [-0.15, -0.1) is 0 Å². The van der Waals surface area contributed by atoms with Gasteiger partial charge in [0.15, 0.2) is 0 Å². The third-order valence-electron chi connectivity index (χ3n) is 2.61. The Hall–Kier alpha value is -1.00. The van der Waals surface area contributed by atoms with Crippen LogP contribution in [0.4, 0.5) is 8.78 Å². The third kappa shape index (κ3) is 3.48. The number of hydrogen-bond donors (Lipinski definition) is 1. The van der Waals surface area contributed by atoms with Crippen molar-refractivity contribution in [2.45, 2.75) is 26.8 Å². The van der Waals surface area contributed by atoms with Gasteiger partial charge in [0.1, 0.15) is 11.6 Å². The summed E-state index contributed by atoms with van der Waals surface area (Å²) < 4.78 is 32.9. The summed E-state index contributed by atoms with van der Waals surface area (Å²) in [6, 6.07) is 2.29. The molecule has 0 saturated heterocycles. The Morgan fingerprint density at radius 2 is 2.00 bits per heavy atom. The third-order valence-corrected chi connectivity index (χ3v) is 2.61. The van der Waals surface area contributed by atoms with Gasteiger partial charge in [-0.25, -0.2) is 8.78 Å². The van der Waals surface area contributed by atoms with E-state index in [0.29, 0.717) is 18.7 Å². The van der Waals surface area contributed by atoms with E-state index in [1.165, 1.54) is 12.1 Å². The highest BCUT2D eigenvalue weighted by molar-refractivity contribution is 5.29. The molecule has 0 aromatic heterocycles. The minimum absolute atomic E-state index is 0.0697. The number of nitrogens with one attached hydrogen (secondary N) is 1. The Morgan fingerprint density at radius 3 is 2.59 bits per heavy atom. The summed E-state index contributed by atoms with van der Waals surface area (Å²) in [6.07, 6.45) is 0. The van der Waals surface area contributed by atoms with Gasteiger partial charge in [-0.1, -0.05) is 13.0 Å². The summed E-state index contributed by atoms with van der Waals surface area (Å²) in [7, 11) is 0. The van der Waals surface area contributed by atoms with Crippen molar-refractivity contribution >= 4 is 0 Å². The zero-order chi connectivity index (χ0) is 12.8. The maximum absolute atomic E-state index is 13.9. The second-order valence-corrected chi connectivity index (χ2v) is 3.86. The zero-order valence-electron chi connectivity index (χ0n) is 10.5. The van der Waals surface area contributed by atoms with Crippen LogP contribution in [0.3, 0.4) is 0 Å². The molecule has 1 rings (SSSR count). The van der Waals surface area contributed by atoms with Crippen molar-refractivity contribution in [1.29, 1.82) is 0 Å². The molecule has 1 N–H and O–H groups in total. The zero-order valence-corrected chi connectivity index (χ0v) is 10.5. The van der Waals surface area contributed by atoms with E-state index in [9.17, 15) is 8.78 Å². The molecule has 0 spiro atoms. The number of likely N-dealkylation sites (N-methyl/N-ethyl adjacent to an activating group) is 1. The summed E-state index contributed by atoms with van der Waals surface area (Å²) in [5, 5.41) is 3.04. The maximum Gasteiger partial charge on any atom is 0.133 e. The van der Waals surface area contributed by atoms with Crippen LogP contribution in [0.2, 0.25) is 0 Å². The molecule has 0 saturated carbocycles. The Bertz CT molecular complexity index is 369. The molecule has 96 valence electrons. The lowest BCUT2D eigenvalue weighted by molar-refractivity contribution is 0.121. The fourth-order valence-electron chi connectivity index (χ4n) is 1.72. The summed E-state index contributed by atoms with van der Waals surface area (Å²) in [5.74, 6) is -1.02. The van der Waals surface area contributed by atoms with Gasteiger partial charge in [0, 0.05) is 12.2 Å². The van der Waals surface area contributed by atoms with Crippen LogP contribution >= 0.6 is 0 Å². The van der Waals surface area contributed by atoms with Crippen molar-refractivity contribution in [3.05, 3.63) is 34.9 Å². The number of hydrogen-bond acceptors (Lipinski definition) is 2. The van der Waals surface area contributed by atoms with Crippen LogP contribution in [-0.4, -0.2) is 19.8 Å². The van der Waals surface area contributed by atoms with E-state index in [1.807, 2.05) is 13.8 Å². The molecule has 0 aliphatic rings. The van der Waals surface area contributed by atoms with E-state index in [-0.39, 0.29) is 12.2 Å². The number of benzene rings is 1. The number of halogens is 2. The molecule has 0 aliphatic heterocycles. The smallest absolute Gasteiger partial charge is 0.133 e. The largest absolute Gasteiger partial charge is 0.380 e. The molecule has 1 atom stereocenters. The standard InChI is InChI=1S/C13H19F2NO/c1-4-16-11(8-17-5-2)12-10(14)7-6-9(3)13(12)15/h6-7,11,16H,4-5,8H2,1-3H3. The molecule has 0 bridgehead atoms. The predicted molar refractivity (Wildman–Crippen MR) is 64.0 cm³/mol. The molecule has 0 heterocycles. The van der Waals surface area contributed by atoms with Gasteiger partial charge in [0.25, 0.3) is 0 Å². The monoisotopic (exact) mass is 243 g/mol. The molecule has 1 unspecified atom stereocenters. The van der Waals surface area contributed by atoms with E-state index in [2.05, 4.69) is 5.32 Å². The van der Waals surface area contributed by atoms with Crippen molar-refractivity contribution in [3.63, 3.8) is 0 Å². The molecule has 4 heteroatoms. The highest BCUT2D eigenvalue weighted by Gasteiger charge is 2.20. The van der Waals surface area contributed by atoms with Crippen LogP contribution in [-0.2, 0) is 4.74 Å². The van der Waals surface area contributed by atoms with Crippen LogP contribution in [0, 0.1) is 18.6 Å². The van der Waals surface area contributed by atoms with Gasteiger partial charge in [-0.3, -0.25) is 0 Å². The molecule has 2 nitrogen and oxygen atoms in total. The molecule has 0 amide bonds. The summed E-state index contributed by atoms with van der Waals surface area (Å²) >= 11 is 0. The number of aryl methyl sites for hydroxylation is 1. The van der Waals surface area contributed by atoms with Gasteiger partial charge in [0.2, 0.25) is 0 Å². The predicted octanol–water partition coefficient (Wildman–Crippen LogP) is 2.96. The van der Waals surface area contributed by atoms with E-state index in [1.54, 1.807) is 6.92 Å². The van der Waals surface area contributed by atoms with Crippen LogP contribution in [0.5, 0.6) is 0 Å². The summed E-state index contributed by atoms with van der Waals surface area (Å²) in [6.45, 7) is 6.79. The van der Waals surface area contributed by atoms with Crippen LogP contribution in [0.25, 0.3) is 0 Å². The van der Waals surface area contributed by atoms with E-state index < -0.39 is 17.7 Å². The van der Waals surface area contributed by atoms with Gasteiger partial charge in [0.05, 0.1) is 12.6 Å². The normalized spacial score (nSPS) is 12.8. The quantitative estimate of drug-likeness (QED) is 0.829. The molecule has 0 aliphatic carbocycles. The summed E-state index contributed by atoms with van der Waals surface area (Å²) in [5.41, 5.74) is 0.515. The topological polar surface area (TPSA) is 21.3 Å². The Balaban J connectivity index is 3.03. The van der Waals surface area contributed by atoms with Crippen LogP contribution in [0.1, 0.15) is 31.0 Å². The lowest BCUT2D eigenvalue weighted by atomic mass is 10.0. The second kappa shape index (κ2) is 6.67. The van der Waals surface area contributed by atoms with Gasteiger partial charge in [-0.05, 0) is 32.0 Å². The first-order chi connectivity index (χ1) is 8.11. The lowest BCUT2D eigenvalue weighted by Gasteiger charge is -2.20. The van der Waals surface area contributed by atoms with Crippen molar-refractivity contribution in [2.75, 3.05) is 19.8 Å². The van der Waals surface area contributed by atoms with E-state index >= 15 is 0 Å². The van der Waals surface area contributed by atoms with Crippen LogP contribution in [0.15, 0.2) is 12.1 Å².